The van der Waals surface area contributed by atoms with Gasteiger partial charge >= 0.3 is 0 Å². The number of likely N-dealkylation sites (N-methyl/N-ethyl adjacent to an activating group) is 1. The quantitative estimate of drug-likeness (QED) is 0.920. The monoisotopic (exact) mass is 315 g/mol. The summed E-state index contributed by atoms with van der Waals surface area (Å²) in [6, 6.07) is 9.34. The molecule has 3 rings (SSSR count). The van der Waals surface area contributed by atoms with Gasteiger partial charge in [0.25, 0.3) is 5.91 Å². The zero-order chi connectivity index (χ0) is 16.2. The first-order chi connectivity index (χ1) is 11.2. The van der Waals surface area contributed by atoms with Crippen LogP contribution in [0.4, 0.5) is 0 Å². The van der Waals surface area contributed by atoms with E-state index in [1.807, 2.05) is 42.3 Å². The Bertz CT molecular complexity index is 561. The molecule has 2 aliphatic heterocycles. The molecule has 124 valence electrons. The van der Waals surface area contributed by atoms with E-state index in [9.17, 15) is 9.59 Å². The number of likely N-dealkylation sites (tertiary alicyclic amines) is 2. The molecule has 0 aliphatic carbocycles. The largest absolute Gasteiger partial charge is 0.339 e. The molecule has 0 aromatic heterocycles. The molecule has 0 spiro atoms. The van der Waals surface area contributed by atoms with Crippen LogP contribution in [0, 0.1) is 0 Å². The number of benzene rings is 1. The molecule has 2 saturated heterocycles. The van der Waals surface area contributed by atoms with Crippen LogP contribution in [-0.4, -0.2) is 60.4 Å². The Morgan fingerprint density at radius 3 is 2.57 bits per heavy atom. The maximum absolute atomic E-state index is 12.9. The number of nitrogens with zero attached hydrogens (tertiary/aromatic N) is 2. The molecule has 1 N–H and O–H groups in total. The topological polar surface area (TPSA) is 52.7 Å². The van der Waals surface area contributed by atoms with Crippen LogP contribution in [0.25, 0.3) is 0 Å². The fourth-order valence-corrected chi connectivity index (χ4v) is 3.64. The Morgan fingerprint density at radius 2 is 1.83 bits per heavy atom. The van der Waals surface area contributed by atoms with Crippen molar-refractivity contribution in [3.63, 3.8) is 0 Å². The van der Waals surface area contributed by atoms with Gasteiger partial charge in [0.05, 0.1) is 0 Å². The molecule has 5 nitrogen and oxygen atoms in total. The second-order valence-electron chi connectivity index (χ2n) is 6.43. The minimum atomic E-state index is -0.293. The number of hydrogen-bond donors (Lipinski definition) is 1. The van der Waals surface area contributed by atoms with E-state index in [4.69, 9.17) is 0 Å². The molecule has 1 aromatic rings. The van der Waals surface area contributed by atoms with Gasteiger partial charge in [0.15, 0.2) is 0 Å². The molecule has 0 bridgehead atoms. The summed E-state index contributed by atoms with van der Waals surface area (Å²) < 4.78 is 0. The van der Waals surface area contributed by atoms with Gasteiger partial charge in [0.2, 0.25) is 5.91 Å². The third kappa shape index (κ3) is 3.39. The summed E-state index contributed by atoms with van der Waals surface area (Å²) in [5.74, 6) is 0.0929. The van der Waals surface area contributed by atoms with Crippen molar-refractivity contribution in [3.8, 4) is 0 Å². The van der Waals surface area contributed by atoms with Gasteiger partial charge < -0.3 is 15.1 Å². The highest BCUT2D eigenvalue weighted by Gasteiger charge is 2.37. The fraction of sp³-hybridized carbons (Fsp3) is 0.556. The highest BCUT2D eigenvalue weighted by molar-refractivity contribution is 5.98. The van der Waals surface area contributed by atoms with Crippen molar-refractivity contribution < 1.29 is 9.59 Å². The Hall–Kier alpha value is -1.88. The lowest BCUT2D eigenvalue weighted by Gasteiger charge is -2.36. The van der Waals surface area contributed by atoms with Crippen LogP contribution >= 0.6 is 0 Å². The summed E-state index contributed by atoms with van der Waals surface area (Å²) in [5.41, 5.74) is 0.666. The first-order valence-electron chi connectivity index (χ1n) is 8.53. The molecule has 0 saturated carbocycles. The van der Waals surface area contributed by atoms with E-state index in [2.05, 4.69) is 5.32 Å². The lowest BCUT2D eigenvalue weighted by Crippen LogP contribution is -2.53. The maximum atomic E-state index is 12.9. The highest BCUT2D eigenvalue weighted by Crippen LogP contribution is 2.23. The summed E-state index contributed by atoms with van der Waals surface area (Å²) >= 11 is 0. The van der Waals surface area contributed by atoms with Crippen LogP contribution in [0.2, 0.25) is 0 Å². The first-order valence-corrected chi connectivity index (χ1v) is 8.53. The van der Waals surface area contributed by atoms with Crippen molar-refractivity contribution in [2.45, 2.75) is 37.8 Å². The first kappa shape index (κ1) is 16.0. The van der Waals surface area contributed by atoms with E-state index in [0.29, 0.717) is 18.2 Å². The minimum Gasteiger partial charge on any atom is -0.339 e. The van der Waals surface area contributed by atoms with Crippen LogP contribution in [-0.2, 0) is 4.79 Å². The van der Waals surface area contributed by atoms with Crippen molar-refractivity contribution in [2.75, 3.05) is 26.7 Å². The van der Waals surface area contributed by atoms with E-state index in [0.717, 1.165) is 38.8 Å². The van der Waals surface area contributed by atoms with E-state index in [1.54, 1.807) is 4.90 Å². The molecule has 1 aromatic carbocycles. The molecular formula is C18H25N3O2. The Morgan fingerprint density at radius 1 is 1.09 bits per heavy atom. The minimum absolute atomic E-state index is 0.0244. The van der Waals surface area contributed by atoms with Gasteiger partial charge in [-0.25, -0.2) is 0 Å². The molecule has 23 heavy (non-hydrogen) atoms. The van der Waals surface area contributed by atoms with Crippen molar-refractivity contribution in [1.82, 2.24) is 15.1 Å². The number of piperidine rings is 1. The molecule has 2 amide bonds. The van der Waals surface area contributed by atoms with E-state index in [-0.39, 0.29) is 17.9 Å². The lowest BCUT2D eigenvalue weighted by molar-refractivity contribution is -0.136. The molecule has 0 radical (unpaired) electrons. The van der Waals surface area contributed by atoms with Gasteiger partial charge in [-0.05, 0) is 44.9 Å². The van der Waals surface area contributed by atoms with Crippen molar-refractivity contribution in [1.29, 1.82) is 0 Å². The number of rotatable bonds is 3. The third-order valence-electron chi connectivity index (χ3n) is 4.96. The Balaban J connectivity index is 1.71. The predicted molar refractivity (Wildman–Crippen MR) is 89.2 cm³/mol. The standard InChI is InChI=1S/C18H25N3O2/c1-19-15-9-5-11-20(13-15)18(23)16-10-6-12-21(16)17(22)14-7-3-2-4-8-14/h2-4,7-8,15-16,19H,5-6,9-13H2,1H3. The lowest BCUT2D eigenvalue weighted by atomic mass is 10.0. The average molecular weight is 315 g/mol. The third-order valence-corrected chi connectivity index (χ3v) is 4.96. The van der Waals surface area contributed by atoms with Gasteiger partial charge in [-0.2, -0.15) is 0 Å². The molecular weight excluding hydrogens is 290 g/mol. The van der Waals surface area contributed by atoms with Crippen molar-refractivity contribution in [2.24, 2.45) is 0 Å². The normalized spacial score (nSPS) is 24.7. The van der Waals surface area contributed by atoms with E-state index in [1.165, 1.54) is 0 Å². The maximum Gasteiger partial charge on any atom is 0.254 e. The van der Waals surface area contributed by atoms with Crippen LogP contribution in [0.1, 0.15) is 36.0 Å². The van der Waals surface area contributed by atoms with Crippen LogP contribution in [0.5, 0.6) is 0 Å². The molecule has 2 atom stereocenters. The van der Waals surface area contributed by atoms with E-state index >= 15 is 0 Å². The SMILES string of the molecule is CNC1CCCN(C(=O)C2CCCN2C(=O)c2ccccc2)C1. The number of amides is 2. The zero-order valence-electron chi connectivity index (χ0n) is 13.7. The zero-order valence-corrected chi connectivity index (χ0v) is 13.7. The van der Waals surface area contributed by atoms with Gasteiger partial charge in [-0.1, -0.05) is 18.2 Å². The van der Waals surface area contributed by atoms with Gasteiger partial charge in [-0.15, -0.1) is 0 Å². The molecule has 2 fully saturated rings. The summed E-state index contributed by atoms with van der Waals surface area (Å²) in [4.78, 5) is 29.3. The van der Waals surface area contributed by atoms with Crippen LogP contribution in [0.15, 0.2) is 30.3 Å². The molecule has 5 heteroatoms. The van der Waals surface area contributed by atoms with E-state index < -0.39 is 0 Å². The number of carbonyl (C=O) groups is 2. The summed E-state index contributed by atoms with van der Waals surface area (Å²) in [7, 11) is 1.94. The van der Waals surface area contributed by atoms with Crippen LogP contribution < -0.4 is 5.32 Å². The van der Waals surface area contributed by atoms with Crippen molar-refractivity contribution in [3.05, 3.63) is 35.9 Å². The number of nitrogens with one attached hydrogen (secondary N) is 1. The second-order valence-corrected chi connectivity index (χ2v) is 6.43. The number of hydrogen-bond acceptors (Lipinski definition) is 3. The number of carbonyl (C=O) groups excluding carboxylic acids is 2. The summed E-state index contributed by atoms with van der Waals surface area (Å²) in [6.07, 6.45) is 3.81. The highest BCUT2D eigenvalue weighted by atomic mass is 16.2. The predicted octanol–water partition coefficient (Wildman–Crippen LogP) is 1.50. The summed E-state index contributed by atoms with van der Waals surface area (Å²) in [6.45, 7) is 2.23. The average Bonchev–Trinajstić information content (AvgIpc) is 3.11. The van der Waals surface area contributed by atoms with Crippen molar-refractivity contribution >= 4 is 11.8 Å². The molecule has 2 unspecified atom stereocenters. The Labute approximate surface area is 137 Å². The Kier molecular flexibility index (Phi) is 4.96. The van der Waals surface area contributed by atoms with Crippen LogP contribution in [0.3, 0.4) is 0 Å². The summed E-state index contributed by atoms with van der Waals surface area (Å²) in [5, 5.41) is 3.26. The van der Waals surface area contributed by atoms with Gasteiger partial charge in [0.1, 0.15) is 6.04 Å². The smallest absolute Gasteiger partial charge is 0.254 e. The van der Waals surface area contributed by atoms with Gasteiger partial charge in [-0.3, -0.25) is 9.59 Å². The second kappa shape index (κ2) is 7.13. The molecule has 2 aliphatic rings. The molecule has 2 heterocycles. The van der Waals surface area contributed by atoms with Gasteiger partial charge in [0, 0.05) is 31.2 Å². The fourth-order valence-electron chi connectivity index (χ4n) is 3.64.